The van der Waals surface area contributed by atoms with Gasteiger partial charge in [0.25, 0.3) is 0 Å². The highest BCUT2D eigenvalue weighted by Gasteiger charge is 2.40. The van der Waals surface area contributed by atoms with Crippen molar-refractivity contribution in [3.63, 3.8) is 0 Å². The first-order valence-corrected chi connectivity index (χ1v) is 10.6. The molecular formula is C20H26ClN5O2. The van der Waals surface area contributed by atoms with Crippen LogP contribution in [0.25, 0.3) is 11.3 Å². The highest BCUT2D eigenvalue weighted by Crippen LogP contribution is 2.38. The van der Waals surface area contributed by atoms with Gasteiger partial charge in [0.1, 0.15) is 0 Å². The first-order valence-electron chi connectivity index (χ1n) is 10.2. The van der Waals surface area contributed by atoms with Crippen LogP contribution in [0.1, 0.15) is 44.2 Å². The highest BCUT2D eigenvalue weighted by molar-refractivity contribution is 6.32. The summed E-state index contributed by atoms with van der Waals surface area (Å²) in [7, 11) is 1.99. The molecule has 0 radical (unpaired) electrons. The molecule has 0 unspecified atom stereocenters. The molecule has 0 amide bonds. The topological polar surface area (TPSA) is 74.1 Å². The molecule has 0 atom stereocenters. The van der Waals surface area contributed by atoms with Crippen LogP contribution in [0.2, 0.25) is 5.02 Å². The number of nitrogens with zero attached hydrogens (tertiary/aromatic N) is 4. The Morgan fingerprint density at radius 2 is 1.93 bits per heavy atom. The smallest absolute Gasteiger partial charge is 0.223 e. The minimum atomic E-state index is -0.350. The van der Waals surface area contributed by atoms with Crippen LogP contribution in [0.3, 0.4) is 0 Å². The molecule has 3 heterocycles. The van der Waals surface area contributed by atoms with E-state index < -0.39 is 0 Å². The maximum absolute atomic E-state index is 6.47. The Labute approximate surface area is 169 Å². The second-order valence-electron chi connectivity index (χ2n) is 8.19. The van der Waals surface area contributed by atoms with Crippen LogP contribution in [0.4, 0.5) is 5.95 Å². The van der Waals surface area contributed by atoms with Gasteiger partial charge < -0.3 is 14.8 Å². The molecule has 3 fully saturated rings. The molecule has 1 saturated heterocycles. The van der Waals surface area contributed by atoms with E-state index in [0.717, 1.165) is 49.3 Å². The molecule has 2 aliphatic carbocycles. The number of ether oxygens (including phenoxy) is 2. The monoisotopic (exact) mass is 403 g/mol. The van der Waals surface area contributed by atoms with Gasteiger partial charge in [-0.3, -0.25) is 4.68 Å². The number of hydrogen-bond donors (Lipinski definition) is 1. The summed E-state index contributed by atoms with van der Waals surface area (Å²) in [5.41, 5.74) is 2.97. The van der Waals surface area contributed by atoms with Crippen molar-refractivity contribution in [3.8, 4) is 11.3 Å². The van der Waals surface area contributed by atoms with Crippen LogP contribution < -0.4 is 5.32 Å². The van der Waals surface area contributed by atoms with E-state index in [1.165, 1.54) is 18.5 Å². The summed E-state index contributed by atoms with van der Waals surface area (Å²) in [5, 5.41) is 8.50. The van der Waals surface area contributed by atoms with E-state index in [2.05, 4.69) is 15.4 Å². The molecule has 2 aromatic heterocycles. The van der Waals surface area contributed by atoms with Crippen molar-refractivity contribution in [2.45, 2.75) is 56.8 Å². The van der Waals surface area contributed by atoms with Crippen LogP contribution in [0.15, 0.2) is 12.4 Å². The van der Waals surface area contributed by atoms with E-state index in [1.54, 1.807) is 6.20 Å². The minimum absolute atomic E-state index is 0.312. The Morgan fingerprint density at radius 3 is 2.64 bits per heavy atom. The number of nitrogens with one attached hydrogen (secondary N) is 1. The Bertz CT molecular complexity index is 850. The fourth-order valence-corrected chi connectivity index (χ4v) is 4.49. The molecule has 1 aliphatic heterocycles. The summed E-state index contributed by atoms with van der Waals surface area (Å²) < 4.78 is 13.6. The zero-order chi connectivity index (χ0) is 19.1. The van der Waals surface area contributed by atoms with E-state index >= 15 is 0 Å². The minimum Gasteiger partial charge on any atom is -0.351 e. The van der Waals surface area contributed by atoms with Crippen LogP contribution in [-0.4, -0.2) is 44.8 Å². The molecule has 7 nitrogen and oxygen atoms in total. The van der Waals surface area contributed by atoms with Gasteiger partial charge in [0.2, 0.25) is 5.95 Å². The van der Waals surface area contributed by atoms with Gasteiger partial charge in [-0.05, 0) is 38.0 Å². The molecule has 150 valence electrons. The molecule has 1 spiro atoms. The largest absolute Gasteiger partial charge is 0.351 e. The number of hydrogen-bond acceptors (Lipinski definition) is 6. The van der Waals surface area contributed by atoms with Crippen molar-refractivity contribution in [3.05, 3.63) is 23.1 Å². The van der Waals surface area contributed by atoms with Crippen LogP contribution in [0.5, 0.6) is 0 Å². The Balaban J connectivity index is 1.32. The fraction of sp³-hybridized carbons (Fsp3) is 0.650. The number of halogens is 1. The molecular weight excluding hydrogens is 378 g/mol. The van der Waals surface area contributed by atoms with E-state index in [0.29, 0.717) is 30.2 Å². The Morgan fingerprint density at radius 1 is 1.18 bits per heavy atom. The summed E-state index contributed by atoms with van der Waals surface area (Å²) in [6.07, 6.45) is 10.9. The summed E-state index contributed by atoms with van der Waals surface area (Å²) in [5.74, 6) is 1.04. The van der Waals surface area contributed by atoms with Gasteiger partial charge >= 0.3 is 0 Å². The quantitative estimate of drug-likeness (QED) is 0.822. The van der Waals surface area contributed by atoms with Crippen LogP contribution >= 0.6 is 11.6 Å². The molecule has 1 N–H and O–H groups in total. The van der Waals surface area contributed by atoms with Gasteiger partial charge in [0.15, 0.2) is 5.79 Å². The van der Waals surface area contributed by atoms with E-state index in [-0.39, 0.29) is 5.79 Å². The van der Waals surface area contributed by atoms with Gasteiger partial charge in [-0.15, -0.1) is 0 Å². The maximum atomic E-state index is 6.47. The average Bonchev–Trinajstić information content (AvgIpc) is 3.30. The summed E-state index contributed by atoms with van der Waals surface area (Å²) in [6.45, 7) is 1.41. The van der Waals surface area contributed by atoms with Crippen molar-refractivity contribution >= 4 is 17.5 Å². The fourth-order valence-electron chi connectivity index (χ4n) is 4.29. The SMILES string of the molecule is Cn1ncc(-c2nc(NC3CCC4(CC3)OCCO4)ncc2Cl)c1CC1CC1. The molecule has 3 aliphatic rings. The zero-order valence-electron chi connectivity index (χ0n) is 16.2. The van der Waals surface area contributed by atoms with Crippen molar-refractivity contribution in [1.29, 1.82) is 0 Å². The lowest BCUT2D eigenvalue weighted by Crippen LogP contribution is -2.39. The van der Waals surface area contributed by atoms with Crippen molar-refractivity contribution in [2.75, 3.05) is 18.5 Å². The zero-order valence-corrected chi connectivity index (χ0v) is 16.9. The van der Waals surface area contributed by atoms with Gasteiger partial charge in [-0.2, -0.15) is 5.10 Å². The molecule has 28 heavy (non-hydrogen) atoms. The van der Waals surface area contributed by atoms with Crippen molar-refractivity contribution in [2.24, 2.45) is 13.0 Å². The van der Waals surface area contributed by atoms with Gasteiger partial charge in [-0.25, -0.2) is 9.97 Å². The van der Waals surface area contributed by atoms with E-state index in [9.17, 15) is 0 Å². The number of anilines is 1. The molecule has 0 bridgehead atoms. The molecule has 8 heteroatoms. The third-order valence-corrected chi connectivity index (χ3v) is 6.41. The van der Waals surface area contributed by atoms with Crippen LogP contribution in [0, 0.1) is 5.92 Å². The van der Waals surface area contributed by atoms with Gasteiger partial charge in [0, 0.05) is 37.2 Å². The third-order valence-electron chi connectivity index (χ3n) is 6.13. The lowest BCUT2D eigenvalue weighted by Gasteiger charge is -2.35. The first-order chi connectivity index (χ1) is 13.6. The van der Waals surface area contributed by atoms with Crippen molar-refractivity contribution < 1.29 is 9.47 Å². The summed E-state index contributed by atoms with van der Waals surface area (Å²) in [4.78, 5) is 9.17. The normalized spacial score (nSPS) is 22.1. The van der Waals surface area contributed by atoms with E-state index in [1.807, 2.05) is 17.9 Å². The average molecular weight is 404 g/mol. The lowest BCUT2D eigenvalue weighted by molar-refractivity contribution is -0.177. The molecule has 2 aromatic rings. The second-order valence-corrected chi connectivity index (χ2v) is 8.60. The second kappa shape index (κ2) is 7.28. The number of rotatable bonds is 5. The summed E-state index contributed by atoms with van der Waals surface area (Å²) >= 11 is 6.47. The van der Waals surface area contributed by atoms with Gasteiger partial charge in [0.05, 0.1) is 36.3 Å². The maximum Gasteiger partial charge on any atom is 0.223 e. The molecule has 5 rings (SSSR count). The Kier molecular flexibility index (Phi) is 4.77. The highest BCUT2D eigenvalue weighted by atomic mass is 35.5. The standard InChI is InChI=1S/C20H26ClN5O2/c1-26-17(10-13-2-3-13)15(11-23-26)18-16(21)12-22-19(25-18)24-14-4-6-20(7-5-14)27-8-9-28-20/h11-14H,2-10H2,1H3,(H,22,24,25). The molecule has 0 aromatic carbocycles. The van der Waals surface area contributed by atoms with E-state index in [4.69, 9.17) is 26.1 Å². The first kappa shape index (κ1) is 18.3. The van der Waals surface area contributed by atoms with Crippen molar-refractivity contribution in [1.82, 2.24) is 19.7 Å². The predicted octanol–water partition coefficient (Wildman–Crippen LogP) is 3.58. The number of aryl methyl sites for hydroxylation is 1. The van der Waals surface area contributed by atoms with Gasteiger partial charge in [-0.1, -0.05) is 11.6 Å². The summed E-state index contributed by atoms with van der Waals surface area (Å²) in [6, 6.07) is 0.312. The Hall–Kier alpha value is -1.70. The predicted molar refractivity (Wildman–Crippen MR) is 106 cm³/mol. The molecule has 2 saturated carbocycles. The number of aromatic nitrogens is 4. The van der Waals surface area contributed by atoms with Crippen LogP contribution in [-0.2, 0) is 22.9 Å². The third kappa shape index (κ3) is 3.63. The lowest BCUT2D eigenvalue weighted by atomic mass is 9.90.